The normalized spacial score (nSPS) is 22.1. The van der Waals surface area contributed by atoms with Crippen molar-refractivity contribution in [2.75, 3.05) is 0 Å². The third-order valence-electron chi connectivity index (χ3n) is 3.04. The molecule has 1 heterocycles. The minimum Gasteiger partial charge on any atom is -0.364 e. The van der Waals surface area contributed by atoms with Gasteiger partial charge in [0.25, 0.3) is 5.66 Å². The van der Waals surface area contributed by atoms with E-state index in [0.717, 1.165) is 12.1 Å². The van der Waals surface area contributed by atoms with Crippen molar-refractivity contribution in [1.82, 2.24) is 4.98 Å². The molecule has 1 aliphatic rings. The number of aromatic nitrogens is 1. The molecule has 0 aliphatic heterocycles. The number of fused-ring (bicyclic) bond motifs is 1. The monoisotopic (exact) mass is 217 g/mol. The zero-order valence-corrected chi connectivity index (χ0v) is 9.26. The average Bonchev–Trinajstić information content (AvgIpc) is 2.46. The number of aryl methyl sites for hydroxylation is 1. The van der Waals surface area contributed by atoms with Gasteiger partial charge in [-0.3, -0.25) is 0 Å². The molecule has 4 heteroatoms. The van der Waals surface area contributed by atoms with E-state index in [1.54, 1.807) is 9.24 Å². The standard InChI is InChI=1S/C10H14F2NP/c1-6-5-13-9-4-7(10(11,12)14)2-3-8(6)9/h5,7,13H,2-4,14H2,1H3. The molecule has 14 heavy (non-hydrogen) atoms. The van der Waals surface area contributed by atoms with Gasteiger partial charge in [-0.15, -0.1) is 0 Å². The van der Waals surface area contributed by atoms with Gasteiger partial charge in [-0.2, -0.15) is 0 Å². The maximum atomic E-state index is 13.1. The highest BCUT2D eigenvalue weighted by molar-refractivity contribution is 7.18. The van der Waals surface area contributed by atoms with Crippen LogP contribution in [-0.2, 0) is 12.8 Å². The first-order valence-electron chi connectivity index (χ1n) is 4.81. The maximum absolute atomic E-state index is 13.1. The SMILES string of the molecule is Cc1c[nH]c2c1CCC(C(F)(F)P)C2. The van der Waals surface area contributed by atoms with E-state index >= 15 is 0 Å². The van der Waals surface area contributed by atoms with E-state index in [1.165, 1.54) is 11.1 Å². The van der Waals surface area contributed by atoms with Gasteiger partial charge in [-0.25, -0.2) is 8.78 Å². The van der Waals surface area contributed by atoms with Gasteiger partial charge in [-0.05, 0) is 37.3 Å². The van der Waals surface area contributed by atoms with E-state index in [4.69, 9.17) is 0 Å². The fraction of sp³-hybridized carbons (Fsp3) is 0.600. The second kappa shape index (κ2) is 3.30. The Morgan fingerprint density at radius 3 is 2.93 bits per heavy atom. The minimum atomic E-state index is -2.63. The molecule has 78 valence electrons. The topological polar surface area (TPSA) is 15.8 Å². The van der Waals surface area contributed by atoms with E-state index in [1.807, 2.05) is 13.1 Å². The number of aromatic amines is 1. The van der Waals surface area contributed by atoms with Crippen LogP contribution in [-0.4, -0.2) is 10.6 Å². The van der Waals surface area contributed by atoms with Crippen molar-refractivity contribution in [3.63, 3.8) is 0 Å². The molecule has 2 atom stereocenters. The van der Waals surface area contributed by atoms with Gasteiger partial charge in [-0.1, -0.05) is 9.24 Å². The largest absolute Gasteiger partial charge is 0.364 e. The summed E-state index contributed by atoms with van der Waals surface area (Å²) in [5.74, 6) is -0.530. The summed E-state index contributed by atoms with van der Waals surface area (Å²) >= 11 is 0. The Morgan fingerprint density at radius 1 is 1.57 bits per heavy atom. The van der Waals surface area contributed by atoms with Crippen LogP contribution in [0.1, 0.15) is 23.2 Å². The third-order valence-corrected chi connectivity index (χ3v) is 3.51. The van der Waals surface area contributed by atoms with Crippen molar-refractivity contribution in [2.45, 2.75) is 31.8 Å². The van der Waals surface area contributed by atoms with Gasteiger partial charge in [0.2, 0.25) is 0 Å². The van der Waals surface area contributed by atoms with Gasteiger partial charge >= 0.3 is 0 Å². The molecule has 0 fully saturated rings. The number of rotatable bonds is 1. The first kappa shape index (κ1) is 10.1. The molecular formula is C10H14F2NP. The van der Waals surface area contributed by atoms with E-state index in [-0.39, 0.29) is 0 Å². The van der Waals surface area contributed by atoms with Crippen molar-refractivity contribution in [1.29, 1.82) is 0 Å². The van der Waals surface area contributed by atoms with Crippen LogP contribution < -0.4 is 0 Å². The Bertz CT molecular complexity index is 340. The summed E-state index contributed by atoms with van der Waals surface area (Å²) in [5, 5.41) is 0. The van der Waals surface area contributed by atoms with Crippen LogP contribution in [0.25, 0.3) is 0 Å². The highest BCUT2D eigenvalue weighted by Crippen LogP contribution is 2.40. The van der Waals surface area contributed by atoms with Crippen LogP contribution >= 0.6 is 9.24 Å². The van der Waals surface area contributed by atoms with Crippen LogP contribution in [0.5, 0.6) is 0 Å². The summed E-state index contributed by atoms with van der Waals surface area (Å²) in [5.41, 5.74) is 0.818. The van der Waals surface area contributed by atoms with Crippen LogP contribution in [0.3, 0.4) is 0 Å². The molecule has 0 radical (unpaired) electrons. The molecule has 0 bridgehead atoms. The molecular weight excluding hydrogens is 203 g/mol. The van der Waals surface area contributed by atoms with Gasteiger partial charge < -0.3 is 4.98 Å². The van der Waals surface area contributed by atoms with E-state index in [2.05, 4.69) is 4.98 Å². The first-order chi connectivity index (χ1) is 6.48. The van der Waals surface area contributed by atoms with Crippen LogP contribution in [0.2, 0.25) is 0 Å². The lowest BCUT2D eigenvalue weighted by molar-refractivity contribution is 0.0292. The number of hydrogen-bond acceptors (Lipinski definition) is 0. The number of alkyl halides is 2. The first-order valence-corrected chi connectivity index (χ1v) is 5.38. The molecule has 2 unspecified atom stereocenters. The molecule has 1 aromatic heterocycles. The van der Waals surface area contributed by atoms with E-state index in [0.29, 0.717) is 12.8 Å². The van der Waals surface area contributed by atoms with Crippen LogP contribution in [0.4, 0.5) is 8.78 Å². The molecule has 0 saturated carbocycles. The van der Waals surface area contributed by atoms with Crippen molar-refractivity contribution in [3.8, 4) is 0 Å². The lowest BCUT2D eigenvalue weighted by Crippen LogP contribution is -2.27. The highest BCUT2D eigenvalue weighted by atomic mass is 31.0. The number of halogens is 2. The molecule has 0 aromatic carbocycles. The quantitative estimate of drug-likeness (QED) is 0.696. The van der Waals surface area contributed by atoms with Crippen molar-refractivity contribution >= 4 is 9.24 Å². The maximum Gasteiger partial charge on any atom is 0.262 e. The van der Waals surface area contributed by atoms with E-state index in [9.17, 15) is 8.78 Å². The molecule has 1 N–H and O–H groups in total. The summed E-state index contributed by atoms with van der Waals surface area (Å²) in [4.78, 5) is 3.09. The predicted molar refractivity (Wildman–Crippen MR) is 55.7 cm³/mol. The zero-order chi connectivity index (χ0) is 10.3. The Kier molecular flexibility index (Phi) is 2.38. The van der Waals surface area contributed by atoms with Crippen molar-refractivity contribution in [2.24, 2.45) is 5.92 Å². The van der Waals surface area contributed by atoms with Crippen molar-refractivity contribution in [3.05, 3.63) is 23.0 Å². The molecule has 1 nitrogen and oxygen atoms in total. The fourth-order valence-corrected chi connectivity index (χ4v) is 2.42. The zero-order valence-electron chi connectivity index (χ0n) is 8.11. The second-order valence-corrected chi connectivity index (χ2v) is 4.81. The fourth-order valence-electron chi connectivity index (χ4n) is 2.13. The summed E-state index contributed by atoms with van der Waals surface area (Å²) in [6, 6.07) is 0. The number of hydrogen-bond donors (Lipinski definition) is 1. The summed E-state index contributed by atoms with van der Waals surface area (Å²) in [6.07, 6.45) is 3.75. The Morgan fingerprint density at radius 2 is 2.29 bits per heavy atom. The Balaban J connectivity index is 2.22. The third kappa shape index (κ3) is 1.70. The molecule has 0 amide bonds. The summed E-state index contributed by atoms with van der Waals surface area (Å²) in [7, 11) is 1.66. The van der Waals surface area contributed by atoms with Gasteiger partial charge in [0.05, 0.1) is 0 Å². The Hall–Kier alpha value is -0.430. The second-order valence-electron chi connectivity index (χ2n) is 4.04. The smallest absolute Gasteiger partial charge is 0.262 e. The van der Waals surface area contributed by atoms with Gasteiger partial charge in [0.1, 0.15) is 0 Å². The highest BCUT2D eigenvalue weighted by Gasteiger charge is 2.37. The van der Waals surface area contributed by atoms with E-state index < -0.39 is 11.6 Å². The molecule has 2 rings (SSSR count). The Labute approximate surface area is 84.5 Å². The summed E-state index contributed by atoms with van der Waals surface area (Å²) < 4.78 is 26.1. The summed E-state index contributed by atoms with van der Waals surface area (Å²) in [6.45, 7) is 2.02. The lowest BCUT2D eigenvalue weighted by atomic mass is 9.87. The minimum absolute atomic E-state index is 0.472. The average molecular weight is 217 g/mol. The predicted octanol–water partition coefficient (Wildman–Crippen LogP) is 2.90. The number of H-pyrrole nitrogens is 1. The molecule has 0 spiro atoms. The molecule has 1 aliphatic carbocycles. The molecule has 0 saturated heterocycles. The molecule has 1 aromatic rings. The number of nitrogens with one attached hydrogen (secondary N) is 1. The van der Waals surface area contributed by atoms with Gasteiger partial charge in [0.15, 0.2) is 0 Å². The van der Waals surface area contributed by atoms with Crippen molar-refractivity contribution < 1.29 is 8.78 Å². The van der Waals surface area contributed by atoms with Crippen LogP contribution in [0, 0.1) is 12.8 Å². The van der Waals surface area contributed by atoms with Gasteiger partial charge in [0, 0.05) is 17.8 Å². The lowest BCUT2D eigenvalue weighted by Gasteiger charge is -2.27. The van der Waals surface area contributed by atoms with Crippen LogP contribution in [0.15, 0.2) is 6.20 Å².